The Morgan fingerprint density at radius 3 is 2.27 bits per heavy atom. The van der Waals surface area contributed by atoms with Crippen molar-refractivity contribution in [3.8, 4) is 0 Å². The van der Waals surface area contributed by atoms with Gasteiger partial charge in [0.05, 0.1) is 11.2 Å². The number of aryl methyl sites for hydroxylation is 1. The fourth-order valence-corrected chi connectivity index (χ4v) is 2.77. The molecule has 0 spiro atoms. The van der Waals surface area contributed by atoms with Crippen LogP contribution < -0.4 is 11.2 Å². The van der Waals surface area contributed by atoms with E-state index in [4.69, 9.17) is 15.0 Å². The predicted octanol–water partition coefficient (Wildman–Crippen LogP) is 2.68. The molecule has 2 aromatic rings. The van der Waals surface area contributed by atoms with Crippen LogP contribution in [0.4, 0.5) is 5.82 Å². The van der Waals surface area contributed by atoms with Gasteiger partial charge in [-0.25, -0.2) is 4.98 Å². The van der Waals surface area contributed by atoms with E-state index in [2.05, 4.69) is 51.7 Å². The Kier molecular flexibility index (Phi) is 3.46. The number of hydrogen-bond donors (Lipinski definition) is 1. The zero-order valence-electron chi connectivity index (χ0n) is 13.9. The summed E-state index contributed by atoms with van der Waals surface area (Å²) in [5.74, 6) is 0.540. The van der Waals surface area contributed by atoms with Gasteiger partial charge >= 0.3 is 7.12 Å². The predicted molar refractivity (Wildman–Crippen MR) is 91.2 cm³/mol. The van der Waals surface area contributed by atoms with Gasteiger partial charge < -0.3 is 15.0 Å². The molecule has 3 rings (SSSR count). The minimum Gasteiger partial charge on any atom is -0.399 e. The zero-order chi connectivity index (χ0) is 16.1. The van der Waals surface area contributed by atoms with Crippen molar-refractivity contribution < 1.29 is 9.31 Å². The highest BCUT2D eigenvalue weighted by Gasteiger charge is 2.52. The van der Waals surface area contributed by atoms with Gasteiger partial charge in [0.2, 0.25) is 0 Å². The zero-order valence-corrected chi connectivity index (χ0v) is 13.9. The SMILES string of the molecule is CCc1cc2cc(N)ncc2cc1B1OC(C)(C)C(C)(C)O1. The van der Waals surface area contributed by atoms with E-state index in [0.717, 1.165) is 22.7 Å². The van der Waals surface area contributed by atoms with Gasteiger partial charge in [-0.15, -0.1) is 0 Å². The second kappa shape index (κ2) is 4.96. The van der Waals surface area contributed by atoms with Crippen molar-refractivity contribution >= 4 is 29.2 Å². The third-order valence-corrected chi connectivity index (χ3v) is 4.89. The van der Waals surface area contributed by atoms with E-state index < -0.39 is 0 Å². The van der Waals surface area contributed by atoms with Gasteiger partial charge in [-0.3, -0.25) is 0 Å². The summed E-state index contributed by atoms with van der Waals surface area (Å²) in [4.78, 5) is 4.18. The summed E-state index contributed by atoms with van der Waals surface area (Å²) in [6.07, 6.45) is 2.72. The molecule has 1 fully saturated rings. The fourth-order valence-electron chi connectivity index (χ4n) is 2.77. The molecule has 1 aliphatic rings. The lowest BCUT2D eigenvalue weighted by Gasteiger charge is -2.32. The third kappa shape index (κ3) is 2.38. The molecule has 0 amide bonds. The number of benzene rings is 1. The lowest BCUT2D eigenvalue weighted by atomic mass is 9.74. The number of nitrogen functional groups attached to an aromatic ring is 1. The van der Waals surface area contributed by atoms with Crippen molar-refractivity contribution in [2.45, 2.75) is 52.2 Å². The van der Waals surface area contributed by atoms with Crippen molar-refractivity contribution in [3.63, 3.8) is 0 Å². The molecule has 0 aliphatic carbocycles. The van der Waals surface area contributed by atoms with Gasteiger partial charge in [-0.1, -0.05) is 19.1 Å². The minimum atomic E-state index is -0.345. The van der Waals surface area contributed by atoms with Crippen molar-refractivity contribution in [2.24, 2.45) is 0 Å². The fraction of sp³-hybridized carbons (Fsp3) is 0.471. The quantitative estimate of drug-likeness (QED) is 0.866. The average Bonchev–Trinajstić information content (AvgIpc) is 2.65. The summed E-state index contributed by atoms with van der Waals surface area (Å²) in [5, 5.41) is 2.15. The number of nitrogens with two attached hydrogens (primary N) is 1. The Bertz CT molecular complexity index is 712. The highest BCUT2D eigenvalue weighted by Crippen LogP contribution is 2.37. The molecule has 1 aromatic heterocycles. The smallest absolute Gasteiger partial charge is 0.399 e. The number of rotatable bonds is 2. The first kappa shape index (κ1) is 15.3. The Morgan fingerprint density at radius 2 is 1.68 bits per heavy atom. The van der Waals surface area contributed by atoms with Crippen LogP contribution in [0.25, 0.3) is 10.8 Å². The largest absolute Gasteiger partial charge is 0.495 e. The van der Waals surface area contributed by atoms with Gasteiger partial charge in [-0.2, -0.15) is 0 Å². The highest BCUT2D eigenvalue weighted by atomic mass is 16.7. The van der Waals surface area contributed by atoms with E-state index >= 15 is 0 Å². The molecule has 22 heavy (non-hydrogen) atoms. The summed E-state index contributed by atoms with van der Waals surface area (Å²) in [7, 11) is -0.345. The standard InChI is InChI=1S/C17H23BN2O2/c1-6-11-7-12-9-15(19)20-10-13(12)8-14(11)18-21-16(2,3)17(4,5)22-18/h7-10H,6H2,1-5H3,(H2,19,20). The van der Waals surface area contributed by atoms with Crippen LogP contribution in [-0.2, 0) is 15.7 Å². The highest BCUT2D eigenvalue weighted by molar-refractivity contribution is 6.63. The summed E-state index contributed by atoms with van der Waals surface area (Å²) >= 11 is 0. The van der Waals surface area contributed by atoms with Crippen LogP contribution in [-0.4, -0.2) is 23.3 Å². The van der Waals surface area contributed by atoms with E-state index in [1.54, 1.807) is 6.20 Å². The van der Waals surface area contributed by atoms with Gasteiger partial charge in [0.1, 0.15) is 5.82 Å². The molecule has 116 valence electrons. The molecule has 2 N–H and O–H groups in total. The molecule has 5 heteroatoms. The summed E-state index contributed by atoms with van der Waals surface area (Å²) in [5.41, 5.74) is 7.42. The van der Waals surface area contributed by atoms with Gasteiger partial charge in [0.25, 0.3) is 0 Å². The van der Waals surface area contributed by atoms with E-state index in [1.807, 2.05) is 6.07 Å². The van der Waals surface area contributed by atoms with E-state index in [9.17, 15) is 0 Å². The molecule has 2 heterocycles. The van der Waals surface area contributed by atoms with Crippen LogP contribution in [0.2, 0.25) is 0 Å². The maximum atomic E-state index is 6.20. The first-order valence-electron chi connectivity index (χ1n) is 7.77. The van der Waals surface area contributed by atoms with Crippen molar-refractivity contribution in [1.29, 1.82) is 0 Å². The average molecular weight is 298 g/mol. The number of nitrogens with zero attached hydrogens (tertiary/aromatic N) is 1. The van der Waals surface area contributed by atoms with Crippen molar-refractivity contribution in [1.82, 2.24) is 4.98 Å². The first-order valence-corrected chi connectivity index (χ1v) is 7.77. The summed E-state index contributed by atoms with van der Waals surface area (Å²) in [6.45, 7) is 10.4. The molecule has 0 unspecified atom stereocenters. The molecule has 0 saturated carbocycles. The Hall–Kier alpha value is -1.59. The molecule has 0 bridgehead atoms. The molecule has 0 radical (unpaired) electrons. The minimum absolute atomic E-state index is 0.336. The number of anilines is 1. The van der Waals surface area contributed by atoms with E-state index in [1.165, 1.54) is 5.56 Å². The molecular weight excluding hydrogens is 275 g/mol. The second-order valence-corrected chi connectivity index (χ2v) is 6.95. The number of aromatic nitrogens is 1. The van der Waals surface area contributed by atoms with E-state index in [-0.39, 0.29) is 18.3 Å². The molecule has 0 atom stereocenters. The topological polar surface area (TPSA) is 57.4 Å². The summed E-state index contributed by atoms with van der Waals surface area (Å²) < 4.78 is 12.4. The molecule has 4 nitrogen and oxygen atoms in total. The van der Waals surface area contributed by atoms with Crippen molar-refractivity contribution in [2.75, 3.05) is 5.73 Å². The van der Waals surface area contributed by atoms with Gasteiger partial charge in [0, 0.05) is 6.20 Å². The van der Waals surface area contributed by atoms with Crippen LogP contribution in [0.5, 0.6) is 0 Å². The lowest BCUT2D eigenvalue weighted by molar-refractivity contribution is 0.00578. The lowest BCUT2D eigenvalue weighted by Crippen LogP contribution is -2.41. The Labute approximate surface area is 132 Å². The second-order valence-electron chi connectivity index (χ2n) is 6.95. The molecule has 1 aliphatic heterocycles. The first-order chi connectivity index (χ1) is 10.2. The van der Waals surface area contributed by atoms with Crippen LogP contribution in [0, 0.1) is 0 Å². The van der Waals surface area contributed by atoms with Crippen LogP contribution in [0.15, 0.2) is 24.4 Å². The van der Waals surface area contributed by atoms with E-state index in [0.29, 0.717) is 5.82 Å². The van der Waals surface area contributed by atoms with Crippen LogP contribution in [0.3, 0.4) is 0 Å². The van der Waals surface area contributed by atoms with Crippen molar-refractivity contribution in [3.05, 3.63) is 30.0 Å². The maximum absolute atomic E-state index is 6.20. The third-order valence-electron chi connectivity index (χ3n) is 4.89. The number of hydrogen-bond acceptors (Lipinski definition) is 4. The Morgan fingerprint density at radius 1 is 1.05 bits per heavy atom. The molecule has 1 saturated heterocycles. The molecular formula is C17H23BN2O2. The van der Waals surface area contributed by atoms with Gasteiger partial charge in [0.15, 0.2) is 0 Å². The summed E-state index contributed by atoms with van der Waals surface area (Å²) in [6, 6.07) is 6.18. The van der Waals surface area contributed by atoms with Gasteiger partial charge in [-0.05, 0) is 62.0 Å². The monoisotopic (exact) mass is 298 g/mol. The maximum Gasteiger partial charge on any atom is 0.495 e. The number of pyridine rings is 1. The molecule has 1 aromatic carbocycles. The number of fused-ring (bicyclic) bond motifs is 1. The van der Waals surface area contributed by atoms with Crippen LogP contribution in [0.1, 0.15) is 40.2 Å². The van der Waals surface area contributed by atoms with Crippen LogP contribution >= 0.6 is 0 Å². The Balaban J connectivity index is 2.09. The normalized spacial score (nSPS) is 19.8.